The second-order valence-corrected chi connectivity index (χ2v) is 10.9. The quantitative estimate of drug-likeness (QED) is 0.526. The molecule has 2 aliphatic heterocycles. The van der Waals surface area contributed by atoms with E-state index in [1.165, 1.54) is 10.4 Å². The Labute approximate surface area is 205 Å². The monoisotopic (exact) mass is 496 g/mol. The van der Waals surface area contributed by atoms with Crippen LogP contribution in [0.2, 0.25) is 0 Å². The summed E-state index contributed by atoms with van der Waals surface area (Å²) in [6.45, 7) is 3.73. The molecule has 2 aliphatic rings. The zero-order valence-corrected chi connectivity index (χ0v) is 20.3. The molecule has 1 saturated heterocycles. The van der Waals surface area contributed by atoms with Crippen LogP contribution in [0.4, 0.5) is 4.39 Å². The van der Waals surface area contributed by atoms with Crippen molar-refractivity contribution in [3.8, 4) is 0 Å². The number of piperazine rings is 1. The van der Waals surface area contributed by atoms with E-state index in [0.29, 0.717) is 51.4 Å². The molecular formula is C26H29FN4O3S. The van der Waals surface area contributed by atoms with Gasteiger partial charge in [-0.15, -0.1) is 0 Å². The second-order valence-electron chi connectivity index (χ2n) is 9.02. The average molecular weight is 497 g/mol. The summed E-state index contributed by atoms with van der Waals surface area (Å²) in [5, 5.41) is 0. The summed E-state index contributed by atoms with van der Waals surface area (Å²) < 4.78 is 44.5. The summed E-state index contributed by atoms with van der Waals surface area (Å²) in [6.07, 6.45) is 2.02. The molecule has 3 aromatic rings. The van der Waals surface area contributed by atoms with Crippen LogP contribution in [0.1, 0.15) is 23.7 Å². The van der Waals surface area contributed by atoms with Gasteiger partial charge in [0.15, 0.2) is 0 Å². The minimum absolute atomic E-state index is 0.0662. The van der Waals surface area contributed by atoms with Gasteiger partial charge < -0.3 is 9.47 Å². The Morgan fingerprint density at radius 3 is 2.31 bits per heavy atom. The third-order valence-corrected chi connectivity index (χ3v) is 8.83. The zero-order chi connectivity index (χ0) is 24.4. The van der Waals surface area contributed by atoms with Crippen LogP contribution >= 0.6 is 0 Å². The molecule has 1 amide bonds. The molecule has 1 unspecified atom stereocenters. The van der Waals surface area contributed by atoms with Crippen LogP contribution in [0.15, 0.2) is 77.8 Å². The molecule has 0 aliphatic carbocycles. The van der Waals surface area contributed by atoms with Crippen molar-refractivity contribution >= 4 is 15.9 Å². The summed E-state index contributed by atoms with van der Waals surface area (Å²) in [5.41, 5.74) is 1.49. The molecule has 0 saturated carbocycles. The van der Waals surface area contributed by atoms with E-state index in [-0.39, 0.29) is 23.0 Å². The molecule has 35 heavy (non-hydrogen) atoms. The van der Waals surface area contributed by atoms with Gasteiger partial charge in [0.2, 0.25) is 15.9 Å². The van der Waals surface area contributed by atoms with Gasteiger partial charge in [-0.1, -0.05) is 36.4 Å². The van der Waals surface area contributed by atoms with Crippen LogP contribution in [-0.4, -0.2) is 65.7 Å². The van der Waals surface area contributed by atoms with Crippen LogP contribution in [-0.2, 0) is 27.9 Å². The van der Waals surface area contributed by atoms with Crippen LogP contribution in [0.25, 0.3) is 0 Å². The van der Waals surface area contributed by atoms with Crippen LogP contribution in [0.3, 0.4) is 0 Å². The molecule has 1 aromatic heterocycles. The minimum Gasteiger partial charge on any atom is -0.349 e. The van der Waals surface area contributed by atoms with E-state index in [1.54, 1.807) is 47.4 Å². The average Bonchev–Trinajstić information content (AvgIpc) is 3.36. The van der Waals surface area contributed by atoms with Gasteiger partial charge in [0.05, 0.1) is 10.9 Å². The standard InChI is InChI=1S/C26H29FN4O3S/c27-23-10-5-4-7-21(23)20-28-13-15-30(16-14-28)26(32)19-25-24-11-6-12-29(24)17-18-31(25)35(33,34)22-8-2-1-3-9-22/h1-12,25H,13-20H2. The highest BCUT2D eigenvalue weighted by atomic mass is 32.2. The highest BCUT2D eigenvalue weighted by molar-refractivity contribution is 7.89. The number of aromatic nitrogens is 1. The normalized spacial score (nSPS) is 19.5. The van der Waals surface area contributed by atoms with Gasteiger partial charge in [-0.2, -0.15) is 4.31 Å². The fourth-order valence-corrected chi connectivity index (χ4v) is 6.59. The maximum absolute atomic E-state index is 14.0. The van der Waals surface area contributed by atoms with Crippen molar-refractivity contribution in [2.24, 2.45) is 0 Å². The van der Waals surface area contributed by atoms with E-state index >= 15 is 0 Å². The van der Waals surface area contributed by atoms with Gasteiger partial charge in [-0.25, -0.2) is 12.8 Å². The van der Waals surface area contributed by atoms with Crippen molar-refractivity contribution in [1.82, 2.24) is 18.7 Å². The molecular weight excluding hydrogens is 467 g/mol. The van der Waals surface area contributed by atoms with E-state index in [9.17, 15) is 17.6 Å². The number of carbonyl (C=O) groups excluding carboxylic acids is 1. The zero-order valence-electron chi connectivity index (χ0n) is 19.5. The highest BCUT2D eigenvalue weighted by Gasteiger charge is 2.38. The van der Waals surface area contributed by atoms with Gasteiger partial charge in [0.1, 0.15) is 5.82 Å². The lowest BCUT2D eigenvalue weighted by Crippen LogP contribution is -2.50. The molecule has 1 fully saturated rings. The van der Waals surface area contributed by atoms with Gasteiger partial charge >= 0.3 is 0 Å². The Morgan fingerprint density at radius 2 is 1.57 bits per heavy atom. The van der Waals surface area contributed by atoms with Gasteiger partial charge in [-0.3, -0.25) is 9.69 Å². The number of halogens is 1. The van der Waals surface area contributed by atoms with Crippen molar-refractivity contribution in [2.75, 3.05) is 32.7 Å². The predicted molar refractivity (Wildman–Crippen MR) is 130 cm³/mol. The third kappa shape index (κ3) is 4.89. The minimum atomic E-state index is -3.75. The summed E-state index contributed by atoms with van der Waals surface area (Å²) in [6, 6.07) is 18.4. The fourth-order valence-electron chi connectivity index (χ4n) is 4.98. The molecule has 184 valence electrons. The first-order valence-corrected chi connectivity index (χ1v) is 13.3. The number of carbonyl (C=O) groups is 1. The van der Waals surface area contributed by atoms with Gasteiger partial charge in [0.25, 0.3) is 0 Å². The number of amides is 1. The smallest absolute Gasteiger partial charge is 0.243 e. The summed E-state index contributed by atoms with van der Waals surface area (Å²) >= 11 is 0. The lowest BCUT2D eigenvalue weighted by atomic mass is 10.1. The summed E-state index contributed by atoms with van der Waals surface area (Å²) in [7, 11) is -3.75. The maximum atomic E-state index is 14.0. The largest absolute Gasteiger partial charge is 0.349 e. The Kier molecular flexibility index (Phi) is 6.73. The number of nitrogens with zero attached hydrogens (tertiary/aromatic N) is 4. The molecule has 0 radical (unpaired) electrons. The predicted octanol–water partition coefficient (Wildman–Crippen LogP) is 3.11. The number of benzene rings is 2. The van der Waals surface area contributed by atoms with Crippen molar-refractivity contribution in [1.29, 1.82) is 0 Å². The van der Waals surface area contributed by atoms with Crippen molar-refractivity contribution in [3.63, 3.8) is 0 Å². The van der Waals surface area contributed by atoms with E-state index < -0.39 is 16.1 Å². The molecule has 7 nitrogen and oxygen atoms in total. The number of hydrogen-bond donors (Lipinski definition) is 0. The van der Waals surface area contributed by atoms with Gasteiger partial charge in [-0.05, 0) is 30.3 Å². The number of sulfonamides is 1. The maximum Gasteiger partial charge on any atom is 0.243 e. The Hall–Kier alpha value is -3.01. The molecule has 5 rings (SSSR count). The fraction of sp³-hybridized carbons (Fsp3) is 0.346. The van der Waals surface area contributed by atoms with E-state index in [0.717, 1.165) is 5.69 Å². The SMILES string of the molecule is O=C(CC1c2cccn2CCN1S(=O)(=O)c1ccccc1)N1CCN(Cc2ccccc2F)CC1. The first-order valence-electron chi connectivity index (χ1n) is 11.9. The molecule has 0 N–H and O–H groups in total. The summed E-state index contributed by atoms with van der Waals surface area (Å²) in [4.78, 5) is 17.5. The Bertz CT molecular complexity index is 1290. The van der Waals surface area contributed by atoms with Crippen molar-refractivity contribution in [2.45, 2.75) is 30.4 Å². The van der Waals surface area contributed by atoms with E-state index in [2.05, 4.69) is 4.90 Å². The highest BCUT2D eigenvalue weighted by Crippen LogP contribution is 2.34. The topological polar surface area (TPSA) is 65.9 Å². The lowest BCUT2D eigenvalue weighted by molar-refractivity contribution is -0.134. The van der Waals surface area contributed by atoms with E-state index in [4.69, 9.17) is 0 Å². The molecule has 1 atom stereocenters. The molecule has 0 bridgehead atoms. The Morgan fingerprint density at radius 1 is 0.857 bits per heavy atom. The number of fused-ring (bicyclic) bond motifs is 1. The first kappa shape index (κ1) is 23.7. The second kappa shape index (κ2) is 9.93. The van der Waals surface area contributed by atoms with Crippen molar-refractivity contribution in [3.05, 3.63) is 90.0 Å². The first-order chi connectivity index (χ1) is 16.9. The van der Waals surface area contributed by atoms with Crippen molar-refractivity contribution < 1.29 is 17.6 Å². The van der Waals surface area contributed by atoms with Crippen LogP contribution < -0.4 is 0 Å². The van der Waals surface area contributed by atoms with Gasteiger partial charge in [0, 0.05) is 69.7 Å². The lowest BCUT2D eigenvalue weighted by Gasteiger charge is -2.38. The third-order valence-electron chi connectivity index (χ3n) is 6.91. The van der Waals surface area contributed by atoms with Crippen LogP contribution in [0, 0.1) is 5.82 Å². The van der Waals surface area contributed by atoms with E-state index in [1.807, 2.05) is 29.0 Å². The molecule has 2 aromatic carbocycles. The number of hydrogen-bond acceptors (Lipinski definition) is 4. The van der Waals surface area contributed by atoms with Crippen LogP contribution in [0.5, 0.6) is 0 Å². The molecule has 9 heteroatoms. The molecule has 3 heterocycles. The number of rotatable bonds is 6. The molecule has 0 spiro atoms. The Balaban J connectivity index is 1.29. The summed E-state index contributed by atoms with van der Waals surface area (Å²) in [5.74, 6) is -0.283.